The molecule has 0 radical (unpaired) electrons. The fraction of sp³-hybridized carbons (Fsp3) is 0.591. The van der Waals surface area contributed by atoms with Gasteiger partial charge in [0.1, 0.15) is 11.8 Å². The first kappa shape index (κ1) is 21.1. The highest BCUT2D eigenvalue weighted by molar-refractivity contribution is 6.00. The Kier molecular flexibility index (Phi) is 7.90. The quantitative estimate of drug-likeness (QED) is 0.708. The summed E-state index contributed by atoms with van der Waals surface area (Å²) in [5, 5.41) is 8.61. The van der Waals surface area contributed by atoms with Gasteiger partial charge in [-0.1, -0.05) is 37.8 Å². The largest absolute Gasteiger partial charge is 0.493 e. The highest BCUT2D eigenvalue weighted by atomic mass is 16.5. The fourth-order valence-corrected chi connectivity index (χ4v) is 3.85. The van der Waals surface area contributed by atoms with Crippen LogP contribution >= 0.6 is 0 Å². The zero-order chi connectivity index (χ0) is 20.5. The molecule has 1 heterocycles. The Morgan fingerprint density at radius 2 is 1.76 bits per heavy atom. The summed E-state index contributed by atoms with van der Waals surface area (Å²) in [4.78, 5) is 38.1. The average molecular weight is 402 g/mol. The molecule has 7 nitrogen and oxygen atoms in total. The number of carbonyl (C=O) groups excluding carboxylic acids is 3. The second-order valence-electron chi connectivity index (χ2n) is 7.83. The molecule has 3 amide bonds. The summed E-state index contributed by atoms with van der Waals surface area (Å²) in [7, 11) is 0. The number of hydrogen-bond acceptors (Lipinski definition) is 4. The van der Waals surface area contributed by atoms with Crippen LogP contribution in [0.25, 0.3) is 0 Å². The van der Waals surface area contributed by atoms with Gasteiger partial charge >= 0.3 is 0 Å². The van der Waals surface area contributed by atoms with Crippen LogP contribution in [0, 0.1) is 0 Å². The van der Waals surface area contributed by atoms with Crippen molar-refractivity contribution in [2.45, 2.75) is 69.9 Å². The summed E-state index contributed by atoms with van der Waals surface area (Å²) in [6.45, 7) is 1.10. The minimum Gasteiger partial charge on any atom is -0.493 e. The zero-order valence-corrected chi connectivity index (χ0v) is 16.9. The Labute approximate surface area is 172 Å². The first-order valence-corrected chi connectivity index (χ1v) is 10.7. The molecular formula is C22H31N3O4. The molecule has 0 aromatic heterocycles. The molecule has 1 aliphatic heterocycles. The van der Waals surface area contributed by atoms with Gasteiger partial charge in [0.2, 0.25) is 11.8 Å². The Morgan fingerprint density at radius 1 is 1.00 bits per heavy atom. The smallest absolute Gasteiger partial charge is 0.255 e. The highest BCUT2D eigenvalue weighted by Crippen LogP contribution is 2.20. The van der Waals surface area contributed by atoms with Crippen molar-refractivity contribution in [3.8, 4) is 5.75 Å². The summed E-state index contributed by atoms with van der Waals surface area (Å²) >= 11 is 0. The van der Waals surface area contributed by atoms with Gasteiger partial charge in [-0.2, -0.15) is 0 Å². The van der Waals surface area contributed by atoms with E-state index in [1.54, 1.807) is 18.2 Å². The Hall–Kier alpha value is -2.57. The van der Waals surface area contributed by atoms with E-state index >= 15 is 0 Å². The van der Waals surface area contributed by atoms with Crippen molar-refractivity contribution >= 4 is 17.7 Å². The molecule has 1 aromatic rings. The first-order valence-electron chi connectivity index (χ1n) is 10.7. The van der Waals surface area contributed by atoms with Crippen LogP contribution in [0.4, 0.5) is 0 Å². The molecule has 1 saturated carbocycles. The minimum atomic E-state index is -0.915. The molecule has 0 spiro atoms. The molecule has 158 valence electrons. The number of fused-ring (bicyclic) bond motifs is 1. The summed E-state index contributed by atoms with van der Waals surface area (Å²) in [6.07, 6.45) is 7.74. The Balaban J connectivity index is 1.76. The average Bonchev–Trinajstić information content (AvgIpc) is 3.22. The number of ether oxygens (including phenoxy) is 1. The molecule has 29 heavy (non-hydrogen) atoms. The topological polar surface area (TPSA) is 96.5 Å². The molecule has 7 heteroatoms. The van der Waals surface area contributed by atoms with Gasteiger partial charge in [-0.15, -0.1) is 0 Å². The number of amides is 3. The second-order valence-corrected chi connectivity index (χ2v) is 7.83. The third-order valence-electron chi connectivity index (χ3n) is 5.50. The molecule has 0 saturated heterocycles. The lowest BCUT2D eigenvalue weighted by Gasteiger charge is -2.21. The number of rotatable bonds is 2. The third-order valence-corrected chi connectivity index (χ3v) is 5.50. The van der Waals surface area contributed by atoms with Crippen LogP contribution in [0.1, 0.15) is 68.1 Å². The van der Waals surface area contributed by atoms with Crippen LogP contribution in [-0.2, 0) is 9.59 Å². The minimum absolute atomic E-state index is 0.0761. The third kappa shape index (κ3) is 6.48. The van der Waals surface area contributed by atoms with Gasteiger partial charge < -0.3 is 20.7 Å². The van der Waals surface area contributed by atoms with E-state index in [4.69, 9.17) is 4.74 Å². The van der Waals surface area contributed by atoms with Gasteiger partial charge in [-0.05, 0) is 37.8 Å². The van der Waals surface area contributed by atoms with E-state index in [-0.39, 0.29) is 24.3 Å². The van der Waals surface area contributed by atoms with Gasteiger partial charge in [0.15, 0.2) is 0 Å². The van der Waals surface area contributed by atoms with Gasteiger partial charge in [-0.3, -0.25) is 14.4 Å². The number of nitrogens with one attached hydrogen (secondary N) is 3. The molecule has 0 bridgehead atoms. The van der Waals surface area contributed by atoms with Crippen molar-refractivity contribution in [2.75, 3.05) is 13.2 Å². The maximum absolute atomic E-state index is 12.9. The van der Waals surface area contributed by atoms with E-state index in [0.29, 0.717) is 24.5 Å². The maximum Gasteiger partial charge on any atom is 0.255 e. The molecule has 1 atom stereocenters. The molecule has 0 unspecified atom stereocenters. The predicted octanol–water partition coefficient (Wildman–Crippen LogP) is 2.30. The number of carbonyl (C=O) groups is 3. The summed E-state index contributed by atoms with van der Waals surface area (Å²) in [6, 6.07) is 6.21. The van der Waals surface area contributed by atoms with Crippen molar-refractivity contribution < 1.29 is 19.1 Å². The summed E-state index contributed by atoms with van der Waals surface area (Å²) in [5.74, 6) is -0.437. The lowest BCUT2D eigenvalue weighted by atomic mass is 10.1. The first-order chi connectivity index (χ1) is 14.1. The number of hydrogen-bond donors (Lipinski definition) is 3. The van der Waals surface area contributed by atoms with Crippen LogP contribution in [0.15, 0.2) is 24.3 Å². The summed E-state index contributed by atoms with van der Waals surface area (Å²) in [5.41, 5.74) is 0.376. The van der Waals surface area contributed by atoms with Crippen molar-refractivity contribution in [3.05, 3.63) is 29.8 Å². The second kappa shape index (κ2) is 10.8. The maximum atomic E-state index is 12.9. The van der Waals surface area contributed by atoms with Crippen LogP contribution < -0.4 is 20.7 Å². The van der Waals surface area contributed by atoms with E-state index in [9.17, 15) is 14.4 Å². The van der Waals surface area contributed by atoms with Gasteiger partial charge in [0.25, 0.3) is 5.91 Å². The van der Waals surface area contributed by atoms with Gasteiger partial charge in [0.05, 0.1) is 18.6 Å². The van der Waals surface area contributed by atoms with E-state index in [0.717, 1.165) is 51.4 Å². The zero-order valence-electron chi connectivity index (χ0n) is 16.9. The van der Waals surface area contributed by atoms with Crippen molar-refractivity contribution in [2.24, 2.45) is 0 Å². The number of benzene rings is 1. The van der Waals surface area contributed by atoms with Crippen LogP contribution in [0.5, 0.6) is 5.75 Å². The number of para-hydroxylation sites is 1. The highest BCUT2D eigenvalue weighted by Gasteiger charge is 2.28. The summed E-state index contributed by atoms with van der Waals surface area (Å²) < 4.78 is 5.81. The molecule has 1 aromatic carbocycles. The van der Waals surface area contributed by atoms with Crippen LogP contribution in [0.2, 0.25) is 0 Å². The standard InChI is InChI=1S/C22H31N3O4/c26-20-15-18(22(28)24-16-9-3-4-10-16)25-21(27)17-11-5-6-12-19(17)29-14-8-2-1-7-13-23-20/h5-6,11-12,16,18H,1-4,7-10,13-15H2,(H,23,26)(H,24,28)(H,25,27)/t18-/m0/s1. The Bertz CT molecular complexity index is 716. The van der Waals surface area contributed by atoms with E-state index in [1.807, 2.05) is 6.07 Å². The van der Waals surface area contributed by atoms with Gasteiger partial charge in [0, 0.05) is 12.6 Å². The lowest BCUT2D eigenvalue weighted by Crippen LogP contribution is -2.51. The predicted molar refractivity (Wildman–Crippen MR) is 110 cm³/mol. The monoisotopic (exact) mass is 401 g/mol. The van der Waals surface area contributed by atoms with Crippen LogP contribution in [-0.4, -0.2) is 43.0 Å². The van der Waals surface area contributed by atoms with Crippen molar-refractivity contribution in [1.29, 1.82) is 0 Å². The molecule has 1 fully saturated rings. The molecule has 3 rings (SSSR count). The van der Waals surface area contributed by atoms with E-state index in [2.05, 4.69) is 16.0 Å². The molecular weight excluding hydrogens is 370 g/mol. The SMILES string of the molecule is O=C1C[C@@H](C(=O)NC2CCCC2)NC(=O)c2ccccc2OCCCCCCN1. The molecule has 3 N–H and O–H groups in total. The van der Waals surface area contributed by atoms with Crippen molar-refractivity contribution in [3.63, 3.8) is 0 Å². The Morgan fingerprint density at radius 3 is 2.59 bits per heavy atom. The fourth-order valence-electron chi connectivity index (χ4n) is 3.85. The molecule has 1 aliphatic carbocycles. The normalized spacial score (nSPS) is 22.3. The van der Waals surface area contributed by atoms with E-state index < -0.39 is 11.9 Å². The van der Waals surface area contributed by atoms with E-state index in [1.165, 1.54) is 0 Å². The molecule has 2 aliphatic rings. The van der Waals surface area contributed by atoms with Crippen LogP contribution in [0.3, 0.4) is 0 Å². The van der Waals surface area contributed by atoms with Crippen molar-refractivity contribution in [1.82, 2.24) is 16.0 Å². The lowest BCUT2D eigenvalue weighted by molar-refractivity contribution is -0.128. The van der Waals surface area contributed by atoms with Gasteiger partial charge in [-0.25, -0.2) is 0 Å².